The number of anilines is 1. The molecule has 0 spiro atoms. The molecule has 5 nitrogen and oxygen atoms in total. The standard InChI is InChI=1S/C35H54N4O/c1-5-7-8-11-30-12-16-32(17-13-30)35(40)38(33-21-26-36(27-22-33)25-20-29(3)4)28-31-14-18-34(19-15-31)39(6-2)37-23-9-10-24-37/h12-19,29,33H,5-11,20-28H2,1-4H3. The molecule has 4 rings (SSSR count). The minimum Gasteiger partial charge on any atom is -0.331 e. The van der Waals surface area contributed by atoms with Gasteiger partial charge in [0.15, 0.2) is 0 Å². The number of amides is 1. The van der Waals surface area contributed by atoms with Crippen LogP contribution in [0.25, 0.3) is 0 Å². The second-order valence-electron chi connectivity index (χ2n) is 12.4. The number of hydrogen-bond donors (Lipinski definition) is 0. The van der Waals surface area contributed by atoms with E-state index in [1.165, 1.54) is 61.9 Å². The summed E-state index contributed by atoms with van der Waals surface area (Å²) in [6.07, 6.45) is 10.7. The molecule has 0 radical (unpaired) electrons. The Bertz CT molecular complexity index is 1000. The lowest BCUT2D eigenvalue weighted by Gasteiger charge is -2.39. The van der Waals surface area contributed by atoms with E-state index in [2.05, 4.69) is 96.0 Å². The van der Waals surface area contributed by atoms with Gasteiger partial charge in [-0.25, -0.2) is 5.01 Å². The number of hydrazine groups is 1. The fourth-order valence-corrected chi connectivity index (χ4v) is 6.28. The Morgan fingerprint density at radius 3 is 2.12 bits per heavy atom. The highest BCUT2D eigenvalue weighted by Gasteiger charge is 2.29. The van der Waals surface area contributed by atoms with Gasteiger partial charge in [-0.3, -0.25) is 4.79 Å². The first kappa shape index (κ1) is 30.6. The van der Waals surface area contributed by atoms with Crippen LogP contribution in [0.3, 0.4) is 0 Å². The molecular weight excluding hydrogens is 492 g/mol. The summed E-state index contributed by atoms with van der Waals surface area (Å²) in [7, 11) is 0. The molecule has 2 aliphatic heterocycles. The number of aryl methyl sites for hydroxylation is 1. The van der Waals surface area contributed by atoms with Crippen molar-refractivity contribution >= 4 is 11.6 Å². The van der Waals surface area contributed by atoms with Gasteiger partial charge >= 0.3 is 0 Å². The molecule has 2 aromatic carbocycles. The highest BCUT2D eigenvalue weighted by Crippen LogP contribution is 2.25. The summed E-state index contributed by atoms with van der Waals surface area (Å²) in [4.78, 5) is 18.8. The third-order valence-electron chi connectivity index (χ3n) is 8.86. The largest absolute Gasteiger partial charge is 0.331 e. The summed E-state index contributed by atoms with van der Waals surface area (Å²) in [6.45, 7) is 16.4. The zero-order chi connectivity index (χ0) is 28.3. The van der Waals surface area contributed by atoms with Crippen LogP contribution in [0.5, 0.6) is 0 Å². The normalized spacial score (nSPS) is 17.0. The Kier molecular flexibility index (Phi) is 11.9. The fourth-order valence-electron chi connectivity index (χ4n) is 6.28. The molecule has 5 heteroatoms. The molecule has 40 heavy (non-hydrogen) atoms. The van der Waals surface area contributed by atoms with E-state index in [1.54, 1.807) is 0 Å². The Hall–Kier alpha value is -2.37. The molecule has 0 saturated carbocycles. The van der Waals surface area contributed by atoms with Crippen molar-refractivity contribution < 1.29 is 4.79 Å². The van der Waals surface area contributed by atoms with E-state index in [1.807, 2.05) is 0 Å². The molecule has 2 aromatic rings. The molecule has 0 N–H and O–H groups in total. The molecule has 2 fully saturated rings. The average molecular weight is 547 g/mol. The zero-order valence-corrected chi connectivity index (χ0v) is 25.8. The van der Waals surface area contributed by atoms with Crippen molar-refractivity contribution in [2.45, 2.75) is 98.1 Å². The average Bonchev–Trinajstić information content (AvgIpc) is 3.51. The van der Waals surface area contributed by atoms with Gasteiger partial charge in [0.1, 0.15) is 0 Å². The lowest BCUT2D eigenvalue weighted by atomic mass is 9.99. The van der Waals surface area contributed by atoms with Crippen LogP contribution in [-0.2, 0) is 13.0 Å². The van der Waals surface area contributed by atoms with Gasteiger partial charge in [0.2, 0.25) is 0 Å². The molecule has 1 amide bonds. The quantitative estimate of drug-likeness (QED) is 0.231. The van der Waals surface area contributed by atoms with Gasteiger partial charge < -0.3 is 14.8 Å². The van der Waals surface area contributed by atoms with Crippen molar-refractivity contribution in [1.29, 1.82) is 0 Å². The van der Waals surface area contributed by atoms with Gasteiger partial charge in [-0.1, -0.05) is 57.9 Å². The molecule has 0 atom stereocenters. The first-order valence-corrected chi connectivity index (χ1v) is 16.2. The van der Waals surface area contributed by atoms with Crippen molar-refractivity contribution in [3.05, 3.63) is 65.2 Å². The lowest BCUT2D eigenvalue weighted by molar-refractivity contribution is 0.0546. The van der Waals surface area contributed by atoms with E-state index in [9.17, 15) is 4.79 Å². The van der Waals surface area contributed by atoms with Gasteiger partial charge in [0.25, 0.3) is 5.91 Å². The predicted octanol–water partition coefficient (Wildman–Crippen LogP) is 7.41. The second kappa shape index (κ2) is 15.6. The maximum atomic E-state index is 14.0. The number of likely N-dealkylation sites (tertiary alicyclic amines) is 1. The highest BCUT2D eigenvalue weighted by molar-refractivity contribution is 5.94. The number of nitrogens with zero attached hydrogens (tertiary/aromatic N) is 4. The topological polar surface area (TPSA) is 30.0 Å². The minimum absolute atomic E-state index is 0.178. The Labute approximate surface area is 244 Å². The summed E-state index contributed by atoms with van der Waals surface area (Å²) in [5, 5.41) is 4.89. The van der Waals surface area contributed by atoms with Crippen LogP contribution < -0.4 is 5.01 Å². The number of carbonyl (C=O) groups is 1. The summed E-state index contributed by atoms with van der Waals surface area (Å²) in [5.41, 5.74) is 4.63. The Morgan fingerprint density at radius 1 is 0.875 bits per heavy atom. The van der Waals surface area contributed by atoms with E-state index < -0.39 is 0 Å². The van der Waals surface area contributed by atoms with Crippen LogP contribution in [0.4, 0.5) is 5.69 Å². The first-order valence-electron chi connectivity index (χ1n) is 16.2. The van der Waals surface area contributed by atoms with Crippen LogP contribution in [0, 0.1) is 5.92 Å². The maximum absolute atomic E-state index is 14.0. The van der Waals surface area contributed by atoms with Crippen molar-refractivity contribution in [2.24, 2.45) is 5.92 Å². The first-order chi connectivity index (χ1) is 19.5. The van der Waals surface area contributed by atoms with Gasteiger partial charge in [0, 0.05) is 50.9 Å². The number of rotatable bonds is 14. The molecule has 2 aliphatic rings. The van der Waals surface area contributed by atoms with Crippen molar-refractivity contribution in [3.63, 3.8) is 0 Å². The van der Waals surface area contributed by atoms with Crippen LogP contribution in [0.15, 0.2) is 48.5 Å². The van der Waals surface area contributed by atoms with Crippen LogP contribution in [0.1, 0.15) is 101 Å². The summed E-state index contributed by atoms with van der Waals surface area (Å²) in [5.74, 6) is 0.912. The van der Waals surface area contributed by atoms with E-state index in [4.69, 9.17) is 0 Å². The Morgan fingerprint density at radius 2 is 1.52 bits per heavy atom. The fraction of sp³-hybridized carbons (Fsp3) is 0.629. The molecule has 0 aromatic heterocycles. The monoisotopic (exact) mass is 546 g/mol. The highest BCUT2D eigenvalue weighted by atomic mass is 16.2. The number of hydrogen-bond acceptors (Lipinski definition) is 4. The van der Waals surface area contributed by atoms with Crippen LogP contribution >= 0.6 is 0 Å². The number of carbonyl (C=O) groups excluding carboxylic acids is 1. The molecule has 0 bridgehead atoms. The van der Waals surface area contributed by atoms with Gasteiger partial charge in [0.05, 0.1) is 5.69 Å². The Balaban J connectivity index is 1.47. The molecule has 220 valence electrons. The predicted molar refractivity (Wildman–Crippen MR) is 169 cm³/mol. The van der Waals surface area contributed by atoms with Crippen molar-refractivity contribution in [3.8, 4) is 0 Å². The summed E-state index contributed by atoms with van der Waals surface area (Å²) >= 11 is 0. The van der Waals surface area contributed by atoms with E-state index in [0.717, 1.165) is 63.5 Å². The maximum Gasteiger partial charge on any atom is 0.254 e. The minimum atomic E-state index is 0.178. The van der Waals surface area contributed by atoms with Crippen LogP contribution in [0.2, 0.25) is 0 Å². The smallest absolute Gasteiger partial charge is 0.254 e. The van der Waals surface area contributed by atoms with Gasteiger partial charge in [-0.15, -0.1) is 0 Å². The third kappa shape index (κ3) is 8.57. The molecule has 0 unspecified atom stereocenters. The van der Waals surface area contributed by atoms with E-state index in [0.29, 0.717) is 6.54 Å². The third-order valence-corrected chi connectivity index (χ3v) is 8.86. The lowest BCUT2D eigenvalue weighted by Crippen LogP contribution is -2.47. The number of unbranched alkanes of at least 4 members (excludes halogenated alkanes) is 2. The van der Waals surface area contributed by atoms with Gasteiger partial charge in [-0.2, -0.15) is 0 Å². The van der Waals surface area contributed by atoms with Gasteiger partial charge in [-0.05, 0) is 99.7 Å². The molecular formula is C35H54N4O. The summed E-state index contributed by atoms with van der Waals surface area (Å²) < 4.78 is 0. The second-order valence-corrected chi connectivity index (χ2v) is 12.4. The summed E-state index contributed by atoms with van der Waals surface area (Å²) in [6, 6.07) is 17.7. The number of benzene rings is 2. The van der Waals surface area contributed by atoms with Crippen molar-refractivity contribution in [1.82, 2.24) is 14.8 Å². The number of piperidine rings is 1. The SMILES string of the molecule is CCCCCc1ccc(C(=O)N(Cc2ccc(N(CC)N3CCCC3)cc2)C2CCN(CCC(C)C)CC2)cc1. The van der Waals surface area contributed by atoms with E-state index >= 15 is 0 Å². The van der Waals surface area contributed by atoms with E-state index in [-0.39, 0.29) is 11.9 Å². The molecule has 0 aliphatic carbocycles. The molecule has 2 saturated heterocycles. The zero-order valence-electron chi connectivity index (χ0n) is 25.8. The van der Waals surface area contributed by atoms with Crippen LogP contribution in [-0.4, -0.2) is 66.0 Å². The molecule has 2 heterocycles. The van der Waals surface area contributed by atoms with Crippen molar-refractivity contribution in [2.75, 3.05) is 44.3 Å².